The predicted octanol–water partition coefficient (Wildman–Crippen LogP) is 10.7. The monoisotopic (exact) mass is 1250 g/mol. The van der Waals surface area contributed by atoms with Gasteiger partial charge in [0.1, 0.15) is 40.3 Å². The largest absolute Gasteiger partial charge is 0.468 e. The Balaban J connectivity index is 0.666. The van der Waals surface area contributed by atoms with Gasteiger partial charge in [-0.3, -0.25) is 19.5 Å². The quantitative estimate of drug-likeness (QED) is 0.0679. The second-order valence-electron chi connectivity index (χ2n) is 26.6. The maximum Gasteiger partial charge on any atom is 0.410 e. The van der Waals surface area contributed by atoms with Gasteiger partial charge in [0, 0.05) is 76.5 Å². The highest BCUT2D eigenvalue weighted by molar-refractivity contribution is 7.13. The van der Waals surface area contributed by atoms with Gasteiger partial charge >= 0.3 is 12.1 Å². The van der Waals surface area contributed by atoms with Crippen molar-refractivity contribution in [1.82, 2.24) is 45.1 Å². The van der Waals surface area contributed by atoms with Crippen molar-refractivity contribution in [2.75, 3.05) is 82.7 Å². The number of hydrogen-bond acceptors (Lipinski definition) is 18. The number of piperidine rings is 1. The van der Waals surface area contributed by atoms with E-state index in [1.807, 2.05) is 120 Å². The second-order valence-corrected chi connectivity index (χ2v) is 27.4. The topological polar surface area (TPSA) is 214 Å². The fourth-order valence-electron chi connectivity index (χ4n) is 14.1. The number of anilines is 2. The lowest BCUT2D eigenvalue weighted by molar-refractivity contribution is -0.141. The first-order valence-corrected chi connectivity index (χ1v) is 32.8. The van der Waals surface area contributed by atoms with E-state index in [4.69, 9.17) is 38.4 Å². The number of likely N-dealkylation sites (tertiary alicyclic amines) is 2. The van der Waals surface area contributed by atoms with Gasteiger partial charge in [-0.2, -0.15) is 9.97 Å². The zero-order valence-corrected chi connectivity index (χ0v) is 53.9. The number of fused-ring (bicyclic) bond motifs is 4. The number of β-amino-alcohol motifs (C(OH)–C–C–N with tert-alkyl or cyclic N) is 1. The molecule has 90 heavy (non-hydrogen) atoms. The molecule has 6 atom stereocenters. The molecule has 478 valence electrons. The van der Waals surface area contributed by atoms with Gasteiger partial charge in [0.2, 0.25) is 11.8 Å². The number of hydrogen-bond donors (Lipinski definition) is 2. The summed E-state index contributed by atoms with van der Waals surface area (Å²) in [7, 11) is 1.56. The molecule has 9 heterocycles. The zero-order valence-electron chi connectivity index (χ0n) is 53.1. The van der Waals surface area contributed by atoms with Crippen LogP contribution >= 0.6 is 11.3 Å². The second kappa shape index (κ2) is 26.4. The van der Waals surface area contributed by atoms with Crippen LogP contribution in [0.25, 0.3) is 43.4 Å². The van der Waals surface area contributed by atoms with Crippen molar-refractivity contribution in [2.45, 2.75) is 142 Å². The number of pyridine rings is 1. The number of amides is 3. The molecule has 0 saturated carbocycles. The molecule has 4 aromatic heterocycles. The van der Waals surface area contributed by atoms with Crippen LogP contribution in [-0.4, -0.2) is 166 Å². The van der Waals surface area contributed by atoms with E-state index in [0.717, 1.165) is 109 Å². The summed E-state index contributed by atoms with van der Waals surface area (Å²) in [6, 6.07) is 18.4. The Hall–Kier alpha value is -7.53. The molecular weight excluding hydrogens is 1170 g/mol. The van der Waals surface area contributed by atoms with Crippen molar-refractivity contribution in [1.29, 1.82) is 0 Å². The summed E-state index contributed by atoms with van der Waals surface area (Å²) in [6.07, 6.45) is 5.82. The summed E-state index contributed by atoms with van der Waals surface area (Å²) in [5, 5.41) is 20.6. The first-order valence-electron chi connectivity index (χ1n) is 32.0. The molecule has 0 radical (unpaired) electrons. The number of benzene rings is 3. The molecule has 5 fully saturated rings. The van der Waals surface area contributed by atoms with Gasteiger partial charge in [0.05, 0.1) is 52.3 Å². The molecule has 2 N–H and O–H groups in total. The Bertz CT molecular complexity index is 3720. The maximum absolute atomic E-state index is 17.7. The molecule has 20 nitrogen and oxygen atoms in total. The van der Waals surface area contributed by atoms with Crippen LogP contribution in [0.15, 0.2) is 76.9 Å². The number of rotatable bonds is 20. The molecule has 22 heteroatoms. The van der Waals surface area contributed by atoms with Gasteiger partial charge in [0.25, 0.3) is 0 Å². The number of aryl methyl sites for hydroxylation is 2. The minimum absolute atomic E-state index is 0.0266. The van der Waals surface area contributed by atoms with E-state index in [0.29, 0.717) is 65.6 Å². The van der Waals surface area contributed by atoms with E-state index in [1.165, 1.54) is 4.90 Å². The molecule has 5 saturated heterocycles. The summed E-state index contributed by atoms with van der Waals surface area (Å²) < 4.78 is 47.1. The number of thiazole rings is 1. The van der Waals surface area contributed by atoms with Gasteiger partial charge in [-0.05, 0) is 138 Å². The van der Waals surface area contributed by atoms with Gasteiger partial charge in [-0.1, -0.05) is 68.4 Å². The number of nitrogens with one attached hydrogen (secondary N) is 1. The summed E-state index contributed by atoms with van der Waals surface area (Å²) >= 11 is 1.59. The maximum atomic E-state index is 17.7. The Kier molecular flexibility index (Phi) is 18.4. The number of ether oxygens (including phenoxy) is 4. The number of piperazine rings is 1. The van der Waals surface area contributed by atoms with E-state index < -0.39 is 29.5 Å². The van der Waals surface area contributed by atoms with E-state index in [-0.39, 0.29) is 78.9 Å². The lowest BCUT2D eigenvalue weighted by atomic mass is 9.91. The number of halogens is 1. The first-order chi connectivity index (χ1) is 43.3. The summed E-state index contributed by atoms with van der Waals surface area (Å²) in [5.74, 6) is 1.03. The number of methoxy groups -OCH3 is 1. The number of aliphatic hydroxyl groups is 1. The van der Waals surface area contributed by atoms with Crippen LogP contribution in [0.2, 0.25) is 0 Å². The molecule has 2 bridgehead atoms. The van der Waals surface area contributed by atoms with E-state index in [1.54, 1.807) is 24.6 Å². The minimum atomic E-state index is -0.829. The van der Waals surface area contributed by atoms with Crippen LogP contribution in [-0.2, 0) is 25.5 Å². The first kappa shape index (κ1) is 62.7. The van der Waals surface area contributed by atoms with Crippen molar-refractivity contribution >= 4 is 62.6 Å². The summed E-state index contributed by atoms with van der Waals surface area (Å²) in [6.45, 7) is 21.4. The normalized spacial score (nSPS) is 20.7. The number of carbonyl (C=O) groups excluding carboxylic acids is 3. The molecule has 7 aromatic rings. The molecule has 5 aliphatic heterocycles. The SMILES string of the molecule is CCc1cccc2cc(OCOC)cc(-c3ncc4c(N5CC6CCC(C5)N6C(=O)OC(C)(C)C)nc(OCCC5CCN(CC6CN(c7cc([C@H](C(=O)N8C[C@H](O)C[C@H]8C(=O)NC(C)c8ccc(-c9scnc9C)cc8)C(C)C)on7)C6)CC5)nc4c3F)c12. The molecule has 12 rings (SSSR count). The number of aliphatic hydroxyl groups excluding tert-OH is 1. The van der Waals surface area contributed by atoms with Crippen LogP contribution in [0.4, 0.5) is 20.8 Å². The predicted molar refractivity (Wildman–Crippen MR) is 343 cm³/mol. The number of nitrogens with zero attached hydrogens (tertiary/aromatic N) is 10. The fourth-order valence-corrected chi connectivity index (χ4v) is 14.9. The lowest BCUT2D eigenvalue weighted by Crippen LogP contribution is -2.57. The molecule has 0 aliphatic carbocycles. The zero-order chi connectivity index (χ0) is 63.1. The van der Waals surface area contributed by atoms with Crippen molar-refractivity contribution in [2.24, 2.45) is 17.8 Å². The number of aromatic nitrogens is 5. The van der Waals surface area contributed by atoms with Crippen molar-refractivity contribution in [3.8, 4) is 33.5 Å². The highest BCUT2D eigenvalue weighted by Gasteiger charge is 2.47. The number of carbonyl (C=O) groups is 3. The Morgan fingerprint density at radius 3 is 2.34 bits per heavy atom. The van der Waals surface area contributed by atoms with E-state index in [9.17, 15) is 19.5 Å². The van der Waals surface area contributed by atoms with Crippen LogP contribution in [0.1, 0.15) is 122 Å². The minimum Gasteiger partial charge on any atom is -0.468 e. The average molecular weight is 1250 g/mol. The Labute approximate surface area is 529 Å². The summed E-state index contributed by atoms with van der Waals surface area (Å²) in [5.41, 5.74) is 6.06. The fraction of sp³-hybridized carbons (Fsp3) is 0.529. The van der Waals surface area contributed by atoms with Crippen molar-refractivity contribution in [3.05, 3.63) is 101 Å². The Morgan fingerprint density at radius 2 is 1.66 bits per heavy atom. The molecule has 0 spiro atoms. The standard InChI is InChI=1S/C68H84FN11O9S/c1-10-44-12-11-13-47-26-51(87-38-85-9)28-52(58(44)47)60-59(69)61-53(30-70-60)63(78-34-48-18-19-49(35-78)80(48)67(84)88-68(6,7)8)74-66(73-61)86-25-22-42-20-23-76(24-21-42)31-43-32-77(33-43)56-29-55(89-75-56)57(39(2)3)65(83)79-36-50(81)27-54(79)64(82)72-40(4)45-14-16-46(17-15-45)62-41(5)71-37-90-62/h11-17,26,28-30,37,39-40,42-43,48-50,54,57,81H,10,18-25,27,31-36,38H2,1-9H3,(H,72,82)/t40?,48?,49?,50-,54+,57-/m1/s1. The third-order valence-electron chi connectivity index (χ3n) is 18.7. The van der Waals surface area contributed by atoms with Gasteiger partial charge in [-0.25, -0.2) is 14.2 Å². The highest BCUT2D eigenvalue weighted by atomic mass is 32.1. The average Bonchev–Trinajstić information content (AvgIpc) is 1.06. The van der Waals surface area contributed by atoms with Crippen LogP contribution in [0.5, 0.6) is 11.8 Å². The van der Waals surface area contributed by atoms with Gasteiger partial charge in [0.15, 0.2) is 24.2 Å². The highest BCUT2D eigenvalue weighted by Crippen LogP contribution is 2.42. The smallest absolute Gasteiger partial charge is 0.410 e. The van der Waals surface area contributed by atoms with Crippen LogP contribution in [0.3, 0.4) is 0 Å². The molecule has 3 amide bonds. The van der Waals surface area contributed by atoms with Gasteiger partial charge in [-0.15, -0.1) is 11.3 Å². The summed E-state index contributed by atoms with van der Waals surface area (Å²) in [4.78, 5) is 72.3. The molecule has 3 unspecified atom stereocenters. The van der Waals surface area contributed by atoms with E-state index in [2.05, 4.69) is 37.1 Å². The lowest BCUT2D eigenvalue weighted by Gasteiger charge is -2.43. The third kappa shape index (κ3) is 13.2. The van der Waals surface area contributed by atoms with Gasteiger partial charge < -0.3 is 53.5 Å². The van der Waals surface area contributed by atoms with Crippen molar-refractivity contribution in [3.63, 3.8) is 0 Å². The Morgan fingerprint density at radius 1 is 0.900 bits per heavy atom. The third-order valence-corrected chi connectivity index (χ3v) is 19.7. The molecule has 5 aliphatic rings. The van der Waals surface area contributed by atoms with E-state index >= 15 is 4.39 Å². The molecular formula is C68H84FN11O9S. The van der Waals surface area contributed by atoms with Crippen molar-refractivity contribution < 1.29 is 47.4 Å². The van der Waals surface area contributed by atoms with Crippen LogP contribution < -0.4 is 24.6 Å². The van der Waals surface area contributed by atoms with Crippen LogP contribution in [0, 0.1) is 30.5 Å². The molecule has 3 aromatic carbocycles.